The molecule has 0 spiro atoms. The van der Waals surface area contributed by atoms with Crippen LogP contribution < -0.4 is 5.32 Å². The predicted molar refractivity (Wildman–Crippen MR) is 74.1 cm³/mol. The first-order valence-corrected chi connectivity index (χ1v) is 7.32. The zero-order valence-corrected chi connectivity index (χ0v) is 12.1. The largest absolute Gasteiger partial charge is 0.390 e. The van der Waals surface area contributed by atoms with E-state index in [-0.39, 0.29) is 5.41 Å². The molecule has 1 saturated carbocycles. The highest BCUT2D eigenvalue weighted by Crippen LogP contribution is 2.38. The van der Waals surface area contributed by atoms with Gasteiger partial charge in [-0.1, -0.05) is 0 Å². The van der Waals surface area contributed by atoms with E-state index in [2.05, 4.69) is 17.3 Å². The van der Waals surface area contributed by atoms with Crippen molar-refractivity contribution in [1.82, 2.24) is 10.2 Å². The molecule has 1 unspecified atom stereocenters. The number of hydrogen-bond acceptors (Lipinski definition) is 5. The third-order valence-corrected chi connectivity index (χ3v) is 4.66. The summed E-state index contributed by atoms with van der Waals surface area (Å²) in [5.41, 5.74) is -0.114. The Bertz CT molecular complexity index is 270. The number of methoxy groups -OCH3 is 1. The third kappa shape index (κ3) is 3.89. The molecule has 0 bridgehead atoms. The van der Waals surface area contributed by atoms with Gasteiger partial charge in [-0.05, 0) is 45.8 Å². The molecular formula is C14H28N2O3. The molecule has 112 valence electrons. The van der Waals surface area contributed by atoms with Gasteiger partial charge in [-0.15, -0.1) is 0 Å². The summed E-state index contributed by atoms with van der Waals surface area (Å²) < 4.78 is 5.31. The predicted octanol–water partition coefficient (Wildman–Crippen LogP) is -0.181. The standard InChI is InChI=1S/C14H28N2O3/c1-16-5-3-11(4-6-16)15-9-14(10-19-2)7-12(17)13(18)8-14/h11-13,15,17-18H,3-10H2,1-2H3/t12-,13+,14?. The third-order valence-electron chi connectivity index (χ3n) is 4.66. The zero-order chi connectivity index (χ0) is 13.9. The molecule has 0 aromatic rings. The van der Waals surface area contributed by atoms with Gasteiger partial charge in [0.2, 0.25) is 0 Å². The second-order valence-electron chi connectivity index (χ2n) is 6.43. The van der Waals surface area contributed by atoms with Crippen molar-refractivity contribution < 1.29 is 14.9 Å². The van der Waals surface area contributed by atoms with E-state index in [1.165, 1.54) is 12.8 Å². The van der Waals surface area contributed by atoms with E-state index in [0.717, 1.165) is 19.6 Å². The fourth-order valence-electron chi connectivity index (χ4n) is 3.44. The topological polar surface area (TPSA) is 65.0 Å². The molecule has 1 aliphatic carbocycles. The van der Waals surface area contributed by atoms with Crippen LogP contribution in [-0.2, 0) is 4.74 Å². The van der Waals surface area contributed by atoms with E-state index in [9.17, 15) is 10.2 Å². The molecule has 3 atom stereocenters. The van der Waals surface area contributed by atoms with Gasteiger partial charge >= 0.3 is 0 Å². The highest BCUT2D eigenvalue weighted by molar-refractivity contribution is 4.96. The van der Waals surface area contributed by atoms with Gasteiger partial charge < -0.3 is 25.2 Å². The lowest BCUT2D eigenvalue weighted by atomic mass is 9.86. The molecular weight excluding hydrogens is 244 g/mol. The first-order chi connectivity index (χ1) is 9.04. The van der Waals surface area contributed by atoms with Crippen molar-refractivity contribution in [2.75, 3.05) is 40.4 Å². The van der Waals surface area contributed by atoms with Gasteiger partial charge in [0.1, 0.15) is 0 Å². The molecule has 5 heteroatoms. The summed E-state index contributed by atoms with van der Waals surface area (Å²) in [7, 11) is 3.85. The highest BCUT2D eigenvalue weighted by atomic mass is 16.5. The molecule has 19 heavy (non-hydrogen) atoms. The van der Waals surface area contributed by atoms with E-state index in [1.807, 2.05) is 0 Å². The minimum Gasteiger partial charge on any atom is -0.390 e. The van der Waals surface area contributed by atoms with Crippen LogP contribution in [0.2, 0.25) is 0 Å². The van der Waals surface area contributed by atoms with Crippen molar-refractivity contribution in [3.8, 4) is 0 Å². The minimum absolute atomic E-state index is 0.114. The van der Waals surface area contributed by atoms with Crippen LogP contribution >= 0.6 is 0 Å². The molecule has 0 aromatic carbocycles. The number of ether oxygens (including phenoxy) is 1. The van der Waals surface area contributed by atoms with Crippen molar-refractivity contribution in [2.45, 2.75) is 43.9 Å². The summed E-state index contributed by atoms with van der Waals surface area (Å²) >= 11 is 0. The van der Waals surface area contributed by atoms with Crippen molar-refractivity contribution in [2.24, 2.45) is 5.41 Å². The first-order valence-electron chi connectivity index (χ1n) is 7.32. The van der Waals surface area contributed by atoms with E-state index < -0.39 is 12.2 Å². The zero-order valence-electron chi connectivity index (χ0n) is 12.1. The molecule has 2 fully saturated rings. The molecule has 1 aliphatic heterocycles. The number of hydrogen-bond donors (Lipinski definition) is 3. The molecule has 0 radical (unpaired) electrons. The molecule has 2 rings (SSSR count). The van der Waals surface area contributed by atoms with Crippen LogP contribution in [0.3, 0.4) is 0 Å². The lowest BCUT2D eigenvalue weighted by molar-refractivity contribution is 0.0438. The molecule has 1 saturated heterocycles. The van der Waals surface area contributed by atoms with Gasteiger partial charge in [0, 0.05) is 25.1 Å². The number of nitrogens with zero attached hydrogens (tertiary/aromatic N) is 1. The number of likely N-dealkylation sites (tertiary alicyclic amines) is 1. The molecule has 5 nitrogen and oxygen atoms in total. The maximum Gasteiger partial charge on any atom is 0.0806 e. The monoisotopic (exact) mass is 272 g/mol. The molecule has 0 amide bonds. The normalized spacial score (nSPS) is 37.9. The lowest BCUT2D eigenvalue weighted by Gasteiger charge is -2.34. The van der Waals surface area contributed by atoms with Gasteiger partial charge in [0.25, 0.3) is 0 Å². The van der Waals surface area contributed by atoms with E-state index in [4.69, 9.17) is 4.74 Å². The minimum atomic E-state index is -0.602. The van der Waals surface area contributed by atoms with Crippen molar-refractivity contribution in [3.63, 3.8) is 0 Å². The smallest absolute Gasteiger partial charge is 0.0806 e. The Labute approximate surface area is 115 Å². The van der Waals surface area contributed by atoms with E-state index >= 15 is 0 Å². The Hall–Kier alpha value is -0.200. The number of aliphatic hydroxyl groups excluding tert-OH is 2. The maximum absolute atomic E-state index is 9.79. The highest BCUT2D eigenvalue weighted by Gasteiger charge is 2.44. The van der Waals surface area contributed by atoms with Crippen molar-refractivity contribution >= 4 is 0 Å². The molecule has 1 heterocycles. The van der Waals surface area contributed by atoms with Crippen LogP contribution in [0.5, 0.6) is 0 Å². The van der Waals surface area contributed by atoms with Crippen LogP contribution in [0.1, 0.15) is 25.7 Å². The van der Waals surface area contributed by atoms with Crippen LogP contribution in [0.4, 0.5) is 0 Å². The van der Waals surface area contributed by atoms with Gasteiger partial charge in [-0.25, -0.2) is 0 Å². The van der Waals surface area contributed by atoms with Gasteiger partial charge in [-0.2, -0.15) is 0 Å². The van der Waals surface area contributed by atoms with Crippen LogP contribution in [0.15, 0.2) is 0 Å². The second kappa shape index (κ2) is 6.50. The molecule has 0 aromatic heterocycles. The fourth-order valence-corrected chi connectivity index (χ4v) is 3.44. The summed E-state index contributed by atoms with van der Waals surface area (Å²) in [6.45, 7) is 3.70. The molecule has 3 N–H and O–H groups in total. The van der Waals surface area contributed by atoms with Crippen molar-refractivity contribution in [3.05, 3.63) is 0 Å². The SMILES string of the molecule is COCC1(CNC2CCN(C)CC2)C[C@@H](O)[C@@H](O)C1. The second-order valence-corrected chi connectivity index (χ2v) is 6.43. The fraction of sp³-hybridized carbons (Fsp3) is 1.00. The van der Waals surface area contributed by atoms with Crippen LogP contribution in [0, 0.1) is 5.41 Å². The van der Waals surface area contributed by atoms with Gasteiger partial charge in [0.05, 0.1) is 18.8 Å². The quantitative estimate of drug-likeness (QED) is 0.648. The average Bonchev–Trinajstić information content (AvgIpc) is 2.65. The van der Waals surface area contributed by atoms with Crippen LogP contribution in [0.25, 0.3) is 0 Å². The van der Waals surface area contributed by atoms with Gasteiger partial charge in [-0.3, -0.25) is 0 Å². The number of aliphatic hydroxyl groups is 2. The van der Waals surface area contributed by atoms with Crippen molar-refractivity contribution in [1.29, 1.82) is 0 Å². The van der Waals surface area contributed by atoms with Gasteiger partial charge in [0.15, 0.2) is 0 Å². The Morgan fingerprint density at radius 3 is 2.32 bits per heavy atom. The summed E-state index contributed by atoms with van der Waals surface area (Å²) in [5.74, 6) is 0. The summed E-state index contributed by atoms with van der Waals surface area (Å²) in [6, 6.07) is 0.555. The van der Waals surface area contributed by atoms with E-state index in [0.29, 0.717) is 25.5 Å². The summed E-state index contributed by atoms with van der Waals surface area (Å²) in [5, 5.41) is 23.2. The number of piperidine rings is 1. The van der Waals surface area contributed by atoms with Crippen LogP contribution in [-0.4, -0.2) is 73.8 Å². The Balaban J connectivity index is 1.84. The first kappa shape index (κ1) is 15.2. The maximum atomic E-state index is 9.79. The summed E-state index contributed by atoms with van der Waals surface area (Å²) in [4.78, 5) is 2.35. The Morgan fingerprint density at radius 1 is 1.21 bits per heavy atom. The van der Waals surface area contributed by atoms with E-state index in [1.54, 1.807) is 7.11 Å². The lowest BCUT2D eigenvalue weighted by Crippen LogP contribution is -2.46. The number of rotatable bonds is 5. The Kier molecular flexibility index (Phi) is 5.20. The molecule has 2 aliphatic rings. The number of nitrogens with one attached hydrogen (secondary N) is 1. The average molecular weight is 272 g/mol. The summed E-state index contributed by atoms with van der Waals surface area (Å²) in [6.07, 6.45) is 2.39. The Morgan fingerprint density at radius 2 is 1.79 bits per heavy atom.